The number of carbonyl (C=O) groups is 1. The number of likely N-dealkylation sites (tertiary alicyclic amines) is 1. The molecule has 6 nitrogen and oxygen atoms in total. The monoisotopic (exact) mass is 357 g/mol. The summed E-state index contributed by atoms with van der Waals surface area (Å²) in [6, 6.07) is 7.53. The Labute approximate surface area is 149 Å². The van der Waals surface area contributed by atoms with Crippen LogP contribution < -0.4 is 0 Å². The fraction of sp³-hybridized carbons (Fsp3) is 0.389. The summed E-state index contributed by atoms with van der Waals surface area (Å²) in [6.45, 7) is 2.80. The molecule has 3 aromatic heterocycles. The number of carbonyl (C=O) groups excluding carboxylic acids is 1. The second-order valence-corrected chi connectivity index (χ2v) is 7.13. The number of aryl methyl sites for hydroxylation is 1. The van der Waals surface area contributed by atoms with Crippen LogP contribution in [0.2, 0.25) is 0 Å². The summed E-state index contributed by atoms with van der Waals surface area (Å²) in [7, 11) is 0. The van der Waals surface area contributed by atoms with Gasteiger partial charge in [0.2, 0.25) is 0 Å². The number of amides is 1. The molecule has 7 heteroatoms. The summed E-state index contributed by atoms with van der Waals surface area (Å²) in [5.41, 5.74) is 1.17. The molecule has 1 saturated heterocycles. The highest BCUT2D eigenvalue weighted by molar-refractivity contribution is 7.13. The quantitative estimate of drug-likeness (QED) is 0.680. The Morgan fingerprint density at radius 2 is 2.28 bits per heavy atom. The SMILES string of the molecule is CCCc1cc([C@@H]2CCCN2C(=O)c2cc(-c3cccs3)on2)no1. The van der Waals surface area contributed by atoms with Gasteiger partial charge in [0.1, 0.15) is 11.5 Å². The molecule has 25 heavy (non-hydrogen) atoms. The van der Waals surface area contributed by atoms with E-state index < -0.39 is 0 Å². The van der Waals surface area contributed by atoms with Gasteiger partial charge >= 0.3 is 0 Å². The lowest BCUT2D eigenvalue weighted by atomic mass is 10.1. The van der Waals surface area contributed by atoms with E-state index in [0.29, 0.717) is 18.0 Å². The minimum Gasteiger partial charge on any atom is -0.361 e. The van der Waals surface area contributed by atoms with E-state index in [1.807, 2.05) is 28.5 Å². The summed E-state index contributed by atoms with van der Waals surface area (Å²) in [5.74, 6) is 1.38. The van der Waals surface area contributed by atoms with Crippen LogP contribution in [0.5, 0.6) is 0 Å². The zero-order chi connectivity index (χ0) is 17.2. The van der Waals surface area contributed by atoms with Gasteiger partial charge in [-0.2, -0.15) is 0 Å². The molecule has 1 aliphatic heterocycles. The molecule has 1 amide bonds. The molecule has 4 heterocycles. The Morgan fingerprint density at radius 1 is 1.36 bits per heavy atom. The maximum absolute atomic E-state index is 12.9. The Bertz CT molecular complexity index is 853. The molecule has 130 valence electrons. The standard InChI is InChI=1S/C18H19N3O3S/c1-2-5-12-10-13(19-23-12)15-6-3-8-21(15)18(22)14-11-16(24-20-14)17-7-4-9-25-17/h4,7,9-11,15H,2-3,5-6,8H2,1H3/t15-/m0/s1. The first kappa shape index (κ1) is 16.1. The van der Waals surface area contributed by atoms with Gasteiger partial charge in [0.25, 0.3) is 5.91 Å². The second-order valence-electron chi connectivity index (χ2n) is 6.18. The van der Waals surface area contributed by atoms with Crippen LogP contribution in [0.1, 0.15) is 54.2 Å². The predicted molar refractivity (Wildman–Crippen MR) is 93.3 cm³/mol. The third-order valence-electron chi connectivity index (χ3n) is 4.42. The molecule has 3 aromatic rings. The highest BCUT2D eigenvalue weighted by Crippen LogP contribution is 2.33. The third kappa shape index (κ3) is 3.11. The largest absolute Gasteiger partial charge is 0.361 e. The summed E-state index contributed by atoms with van der Waals surface area (Å²) in [4.78, 5) is 15.7. The Morgan fingerprint density at radius 3 is 3.08 bits per heavy atom. The lowest BCUT2D eigenvalue weighted by Crippen LogP contribution is -2.30. The van der Waals surface area contributed by atoms with Crippen molar-refractivity contribution in [3.8, 4) is 10.6 Å². The van der Waals surface area contributed by atoms with Crippen molar-refractivity contribution in [1.29, 1.82) is 0 Å². The van der Waals surface area contributed by atoms with Crippen LogP contribution in [0.25, 0.3) is 10.6 Å². The molecule has 0 spiro atoms. The average Bonchev–Trinajstić information content (AvgIpc) is 3.40. The fourth-order valence-electron chi connectivity index (χ4n) is 3.23. The smallest absolute Gasteiger partial charge is 0.276 e. The predicted octanol–water partition coefficient (Wildman–Crippen LogP) is 4.32. The number of thiophene rings is 1. The van der Waals surface area contributed by atoms with Gasteiger partial charge < -0.3 is 13.9 Å². The van der Waals surface area contributed by atoms with Gasteiger partial charge in [-0.3, -0.25) is 4.79 Å². The number of hydrogen-bond donors (Lipinski definition) is 0. The summed E-state index contributed by atoms with van der Waals surface area (Å²) >= 11 is 1.56. The van der Waals surface area contributed by atoms with Crippen LogP contribution in [0.4, 0.5) is 0 Å². The molecule has 0 bridgehead atoms. The normalized spacial score (nSPS) is 17.3. The minimum atomic E-state index is -0.117. The van der Waals surface area contributed by atoms with Crippen molar-refractivity contribution in [3.63, 3.8) is 0 Å². The van der Waals surface area contributed by atoms with Gasteiger partial charge in [-0.1, -0.05) is 23.3 Å². The molecule has 0 aliphatic carbocycles. The number of hydrogen-bond acceptors (Lipinski definition) is 6. The zero-order valence-electron chi connectivity index (χ0n) is 14.0. The van der Waals surface area contributed by atoms with E-state index in [9.17, 15) is 4.79 Å². The second kappa shape index (κ2) is 6.84. The molecule has 0 aromatic carbocycles. The van der Waals surface area contributed by atoms with Gasteiger partial charge in [0, 0.05) is 25.1 Å². The molecule has 1 atom stereocenters. The van der Waals surface area contributed by atoms with Crippen LogP contribution in [0.3, 0.4) is 0 Å². The van der Waals surface area contributed by atoms with Gasteiger partial charge in [0.05, 0.1) is 10.9 Å². The summed E-state index contributed by atoms with van der Waals surface area (Å²) in [6.07, 6.45) is 3.70. The first-order chi connectivity index (χ1) is 12.3. The maximum atomic E-state index is 12.9. The Kier molecular flexibility index (Phi) is 4.40. The highest BCUT2D eigenvalue weighted by atomic mass is 32.1. The van der Waals surface area contributed by atoms with Gasteiger partial charge in [0.15, 0.2) is 11.5 Å². The Hall–Kier alpha value is -2.41. The molecule has 0 radical (unpaired) electrons. The molecule has 0 unspecified atom stereocenters. The van der Waals surface area contributed by atoms with Crippen LogP contribution >= 0.6 is 11.3 Å². The summed E-state index contributed by atoms with van der Waals surface area (Å²) in [5, 5.41) is 10.1. The molecule has 1 fully saturated rings. The van der Waals surface area contributed by atoms with E-state index in [4.69, 9.17) is 9.05 Å². The highest BCUT2D eigenvalue weighted by Gasteiger charge is 2.34. The minimum absolute atomic E-state index is 0.0521. The molecule has 0 N–H and O–H groups in total. The van der Waals surface area contributed by atoms with E-state index in [0.717, 1.165) is 42.0 Å². The molecule has 0 saturated carbocycles. The lowest BCUT2D eigenvalue weighted by molar-refractivity contribution is 0.0720. The number of aromatic nitrogens is 2. The van der Waals surface area contributed by atoms with E-state index in [1.54, 1.807) is 17.4 Å². The fourth-order valence-corrected chi connectivity index (χ4v) is 3.90. The van der Waals surface area contributed by atoms with Crippen LogP contribution in [0, 0.1) is 0 Å². The lowest BCUT2D eigenvalue weighted by Gasteiger charge is -2.21. The average molecular weight is 357 g/mol. The van der Waals surface area contributed by atoms with E-state index >= 15 is 0 Å². The molecular weight excluding hydrogens is 338 g/mol. The van der Waals surface area contributed by atoms with Crippen molar-refractivity contribution < 1.29 is 13.8 Å². The van der Waals surface area contributed by atoms with Crippen molar-refractivity contribution in [2.24, 2.45) is 0 Å². The van der Waals surface area contributed by atoms with Crippen molar-refractivity contribution in [2.75, 3.05) is 6.54 Å². The van der Waals surface area contributed by atoms with Crippen LogP contribution in [-0.2, 0) is 6.42 Å². The van der Waals surface area contributed by atoms with E-state index in [-0.39, 0.29) is 11.9 Å². The van der Waals surface area contributed by atoms with E-state index in [2.05, 4.69) is 17.2 Å². The number of rotatable bonds is 5. The topological polar surface area (TPSA) is 72.4 Å². The maximum Gasteiger partial charge on any atom is 0.276 e. The summed E-state index contributed by atoms with van der Waals surface area (Å²) < 4.78 is 10.7. The van der Waals surface area contributed by atoms with Crippen LogP contribution in [-0.4, -0.2) is 27.7 Å². The van der Waals surface area contributed by atoms with Crippen molar-refractivity contribution in [2.45, 2.75) is 38.6 Å². The molecule has 1 aliphatic rings. The van der Waals surface area contributed by atoms with Crippen LogP contribution in [0.15, 0.2) is 38.7 Å². The van der Waals surface area contributed by atoms with Gasteiger partial charge in [-0.25, -0.2) is 0 Å². The zero-order valence-corrected chi connectivity index (χ0v) is 14.8. The first-order valence-corrected chi connectivity index (χ1v) is 9.41. The molecular formula is C18H19N3O3S. The van der Waals surface area contributed by atoms with Gasteiger partial charge in [-0.05, 0) is 30.7 Å². The van der Waals surface area contributed by atoms with Crippen molar-refractivity contribution in [1.82, 2.24) is 15.2 Å². The number of nitrogens with zero attached hydrogens (tertiary/aromatic N) is 3. The van der Waals surface area contributed by atoms with Crippen molar-refractivity contribution >= 4 is 17.2 Å². The van der Waals surface area contributed by atoms with Gasteiger partial charge in [-0.15, -0.1) is 11.3 Å². The third-order valence-corrected chi connectivity index (χ3v) is 5.31. The first-order valence-electron chi connectivity index (χ1n) is 8.53. The van der Waals surface area contributed by atoms with E-state index in [1.165, 1.54) is 0 Å². The molecule has 4 rings (SSSR count). The van der Waals surface area contributed by atoms with Crippen molar-refractivity contribution in [3.05, 3.63) is 46.8 Å². The Balaban J connectivity index is 1.54.